The predicted octanol–water partition coefficient (Wildman–Crippen LogP) is 3.60. The maximum atomic E-state index is 12.3. The predicted molar refractivity (Wildman–Crippen MR) is 92.8 cm³/mol. The highest BCUT2D eigenvalue weighted by atomic mass is 16.5. The van der Waals surface area contributed by atoms with Crippen LogP contribution in [0.25, 0.3) is 0 Å². The first-order valence-electron chi connectivity index (χ1n) is 7.97. The molecule has 3 aromatic rings. The Morgan fingerprint density at radius 2 is 1.28 bits per heavy atom. The molecule has 4 heteroatoms. The molecule has 25 heavy (non-hydrogen) atoms. The molecular formula is C21H16O4. The van der Waals surface area contributed by atoms with Crippen molar-refractivity contribution in [2.45, 2.75) is 5.60 Å². The van der Waals surface area contributed by atoms with Crippen molar-refractivity contribution in [1.82, 2.24) is 0 Å². The van der Waals surface area contributed by atoms with Crippen molar-refractivity contribution < 1.29 is 19.7 Å². The van der Waals surface area contributed by atoms with Gasteiger partial charge in [-0.15, -0.1) is 0 Å². The number of rotatable bonds is 2. The number of phenols is 2. The average molecular weight is 332 g/mol. The summed E-state index contributed by atoms with van der Waals surface area (Å²) in [5.74, 6) is 0.248. The van der Waals surface area contributed by atoms with E-state index in [2.05, 4.69) is 0 Å². The number of hydrogen-bond acceptors (Lipinski definition) is 4. The van der Waals surface area contributed by atoms with Gasteiger partial charge in [0.05, 0.1) is 0 Å². The van der Waals surface area contributed by atoms with Gasteiger partial charge >= 0.3 is 0 Å². The standard InChI is InChI=1S/C21H16O4/c22-16-9-5-14(6-10-16)21(15-7-11-17(23)12-8-15)19-4-2-1-3-18(19)20(24)13-25-21/h1-12,22-23H,13H2. The monoisotopic (exact) mass is 332 g/mol. The molecule has 124 valence electrons. The van der Waals surface area contributed by atoms with Crippen LogP contribution in [0.5, 0.6) is 11.5 Å². The molecule has 2 N–H and O–H groups in total. The second kappa shape index (κ2) is 5.76. The molecule has 0 aromatic heterocycles. The molecule has 0 radical (unpaired) electrons. The number of benzene rings is 3. The summed E-state index contributed by atoms with van der Waals surface area (Å²) in [5.41, 5.74) is 2.00. The summed E-state index contributed by atoms with van der Waals surface area (Å²) >= 11 is 0. The Balaban J connectivity index is 2.04. The van der Waals surface area contributed by atoms with Crippen LogP contribution in [0.1, 0.15) is 27.0 Å². The summed E-state index contributed by atoms with van der Waals surface area (Å²) < 4.78 is 6.14. The van der Waals surface area contributed by atoms with Gasteiger partial charge in [-0.3, -0.25) is 4.79 Å². The van der Waals surface area contributed by atoms with E-state index in [9.17, 15) is 15.0 Å². The Hall–Kier alpha value is -3.11. The van der Waals surface area contributed by atoms with Crippen LogP contribution >= 0.6 is 0 Å². The maximum absolute atomic E-state index is 12.3. The third-order valence-corrected chi connectivity index (χ3v) is 4.57. The number of aromatic hydroxyl groups is 2. The quantitative estimate of drug-likeness (QED) is 0.752. The number of carbonyl (C=O) groups excluding carboxylic acids is 1. The van der Waals surface area contributed by atoms with E-state index in [4.69, 9.17) is 4.74 Å². The first-order chi connectivity index (χ1) is 12.1. The number of phenolic OH excluding ortho intramolecular Hbond substituents is 2. The molecule has 0 saturated carbocycles. The lowest BCUT2D eigenvalue weighted by Crippen LogP contribution is -2.40. The van der Waals surface area contributed by atoms with Crippen LogP contribution in [0, 0.1) is 0 Å². The van der Waals surface area contributed by atoms with Gasteiger partial charge in [-0.1, -0.05) is 48.5 Å². The molecule has 1 heterocycles. The Morgan fingerprint density at radius 1 is 0.760 bits per heavy atom. The molecule has 0 unspecified atom stereocenters. The number of Topliss-reactive ketones (excluding diaryl/α,β-unsaturated/α-hetero) is 1. The van der Waals surface area contributed by atoms with Gasteiger partial charge in [0.2, 0.25) is 0 Å². The molecule has 0 spiro atoms. The van der Waals surface area contributed by atoms with Crippen LogP contribution < -0.4 is 0 Å². The number of hydrogen-bond donors (Lipinski definition) is 2. The minimum absolute atomic E-state index is 0.0429. The molecule has 1 aliphatic rings. The molecule has 0 fully saturated rings. The minimum atomic E-state index is -0.980. The Bertz CT molecular complexity index is 881. The highest BCUT2D eigenvalue weighted by Gasteiger charge is 2.43. The second-order valence-electron chi connectivity index (χ2n) is 6.03. The second-order valence-corrected chi connectivity index (χ2v) is 6.03. The van der Waals surface area contributed by atoms with E-state index >= 15 is 0 Å². The zero-order valence-corrected chi connectivity index (χ0v) is 13.3. The fourth-order valence-corrected chi connectivity index (χ4v) is 3.40. The van der Waals surface area contributed by atoms with Crippen molar-refractivity contribution in [2.75, 3.05) is 6.61 Å². The highest BCUT2D eigenvalue weighted by molar-refractivity contribution is 6.00. The zero-order chi connectivity index (χ0) is 17.4. The molecule has 0 atom stereocenters. The van der Waals surface area contributed by atoms with E-state index in [0.717, 1.165) is 16.7 Å². The van der Waals surface area contributed by atoms with Crippen LogP contribution in [0.3, 0.4) is 0 Å². The normalized spacial score (nSPS) is 15.6. The Morgan fingerprint density at radius 3 is 1.84 bits per heavy atom. The number of ether oxygens (including phenoxy) is 1. The largest absolute Gasteiger partial charge is 0.508 e. The summed E-state index contributed by atoms with van der Waals surface area (Å²) in [6.07, 6.45) is 0. The van der Waals surface area contributed by atoms with Gasteiger partial charge < -0.3 is 14.9 Å². The van der Waals surface area contributed by atoms with Gasteiger partial charge in [0.25, 0.3) is 0 Å². The van der Waals surface area contributed by atoms with E-state index in [1.165, 1.54) is 0 Å². The molecule has 4 rings (SSSR count). The molecule has 4 nitrogen and oxygen atoms in total. The SMILES string of the molecule is O=C1COC(c2ccc(O)cc2)(c2ccc(O)cc2)c2ccccc21. The summed E-state index contributed by atoms with van der Waals surface area (Å²) in [5, 5.41) is 19.3. The molecule has 0 amide bonds. The van der Waals surface area contributed by atoms with Crippen LogP contribution in [-0.2, 0) is 10.3 Å². The van der Waals surface area contributed by atoms with Gasteiger partial charge in [0.15, 0.2) is 5.78 Å². The van der Waals surface area contributed by atoms with E-state index < -0.39 is 5.60 Å². The van der Waals surface area contributed by atoms with Crippen molar-refractivity contribution in [2.24, 2.45) is 0 Å². The summed E-state index contributed by atoms with van der Waals surface area (Å²) in [6, 6.07) is 20.9. The van der Waals surface area contributed by atoms with Crippen molar-refractivity contribution in [3.05, 3.63) is 95.1 Å². The van der Waals surface area contributed by atoms with Crippen molar-refractivity contribution in [3.63, 3.8) is 0 Å². The zero-order valence-electron chi connectivity index (χ0n) is 13.3. The fraction of sp³-hybridized carbons (Fsp3) is 0.0952. The van der Waals surface area contributed by atoms with Crippen molar-refractivity contribution in [1.29, 1.82) is 0 Å². The molecule has 3 aromatic carbocycles. The molecule has 0 saturated heterocycles. The summed E-state index contributed by atoms with van der Waals surface area (Å²) in [4.78, 5) is 12.3. The van der Waals surface area contributed by atoms with E-state index in [1.807, 2.05) is 18.2 Å². The summed E-state index contributed by atoms with van der Waals surface area (Å²) in [6.45, 7) is -0.0429. The maximum Gasteiger partial charge on any atom is 0.188 e. The fourth-order valence-electron chi connectivity index (χ4n) is 3.40. The smallest absolute Gasteiger partial charge is 0.188 e. The summed E-state index contributed by atoms with van der Waals surface area (Å²) in [7, 11) is 0. The third kappa shape index (κ3) is 2.39. The van der Waals surface area contributed by atoms with Gasteiger partial charge in [0, 0.05) is 11.1 Å². The number of fused-ring (bicyclic) bond motifs is 1. The lowest BCUT2D eigenvalue weighted by atomic mass is 9.76. The number of ketones is 1. The van der Waals surface area contributed by atoms with Crippen LogP contribution in [0.15, 0.2) is 72.8 Å². The molecule has 0 bridgehead atoms. The van der Waals surface area contributed by atoms with E-state index in [-0.39, 0.29) is 23.9 Å². The highest BCUT2D eigenvalue weighted by Crippen LogP contribution is 2.45. The van der Waals surface area contributed by atoms with Crippen molar-refractivity contribution in [3.8, 4) is 11.5 Å². The third-order valence-electron chi connectivity index (χ3n) is 4.57. The lowest BCUT2D eigenvalue weighted by Gasteiger charge is -2.39. The van der Waals surface area contributed by atoms with E-state index in [0.29, 0.717) is 5.56 Å². The Kier molecular flexibility index (Phi) is 3.55. The first kappa shape index (κ1) is 15.4. The van der Waals surface area contributed by atoms with Crippen LogP contribution in [0.4, 0.5) is 0 Å². The molecule has 0 aliphatic carbocycles. The van der Waals surface area contributed by atoms with E-state index in [1.54, 1.807) is 54.6 Å². The van der Waals surface area contributed by atoms with Crippen molar-refractivity contribution >= 4 is 5.78 Å². The average Bonchev–Trinajstić information content (AvgIpc) is 2.64. The first-order valence-corrected chi connectivity index (χ1v) is 7.97. The molecular weight excluding hydrogens is 316 g/mol. The molecule has 1 aliphatic heterocycles. The number of carbonyl (C=O) groups is 1. The van der Waals surface area contributed by atoms with Crippen LogP contribution in [0.2, 0.25) is 0 Å². The van der Waals surface area contributed by atoms with Gasteiger partial charge in [-0.05, 0) is 35.4 Å². The van der Waals surface area contributed by atoms with Gasteiger partial charge in [-0.25, -0.2) is 0 Å². The van der Waals surface area contributed by atoms with Gasteiger partial charge in [-0.2, -0.15) is 0 Å². The van der Waals surface area contributed by atoms with Crippen LogP contribution in [-0.4, -0.2) is 22.6 Å². The Labute approximate surface area is 144 Å². The lowest BCUT2D eigenvalue weighted by molar-refractivity contribution is 0.00736. The van der Waals surface area contributed by atoms with Gasteiger partial charge in [0.1, 0.15) is 23.7 Å². The topological polar surface area (TPSA) is 66.8 Å². The minimum Gasteiger partial charge on any atom is -0.508 e.